The Balaban J connectivity index is 1.43. The zero-order valence-corrected chi connectivity index (χ0v) is 25.7. The Labute approximate surface area is 248 Å². The number of hydrogen-bond acceptors (Lipinski definition) is 1. The van der Waals surface area contributed by atoms with Gasteiger partial charge in [0.05, 0.1) is 6.61 Å². The third-order valence-electron chi connectivity index (χ3n) is 8.10. The predicted molar refractivity (Wildman–Crippen MR) is 172 cm³/mol. The second-order valence-corrected chi connectivity index (χ2v) is 11.6. The van der Waals surface area contributed by atoms with E-state index in [1.807, 2.05) is 24.3 Å². The lowest BCUT2D eigenvalue weighted by atomic mass is 9.98. The van der Waals surface area contributed by atoms with E-state index in [1.165, 1.54) is 89.0 Å². The molecule has 0 heterocycles. The van der Waals surface area contributed by atoms with Crippen molar-refractivity contribution in [2.45, 2.75) is 123 Å². The monoisotopic (exact) mass is 562 g/mol. The van der Waals surface area contributed by atoms with Crippen molar-refractivity contribution in [3.05, 3.63) is 77.9 Å². The van der Waals surface area contributed by atoms with E-state index in [0.717, 1.165) is 36.8 Å². The van der Waals surface area contributed by atoms with Crippen LogP contribution in [0.5, 0.6) is 5.75 Å². The number of aryl methyl sites for hydroxylation is 1. The molecule has 3 aromatic carbocycles. The van der Waals surface area contributed by atoms with Crippen molar-refractivity contribution in [1.82, 2.24) is 0 Å². The Hall–Kier alpha value is -2.68. The molecular formula is C38H52F2O. The van der Waals surface area contributed by atoms with E-state index in [1.54, 1.807) is 12.1 Å². The molecule has 0 fully saturated rings. The molecule has 0 N–H and O–H groups in total. The number of benzene rings is 3. The number of ether oxygens (including phenoxy) is 1. The summed E-state index contributed by atoms with van der Waals surface area (Å²) in [4.78, 5) is 0. The third-order valence-corrected chi connectivity index (χ3v) is 8.10. The first-order chi connectivity index (χ1) is 20.1. The average Bonchev–Trinajstić information content (AvgIpc) is 3.00. The largest absolute Gasteiger partial charge is 0.490 e. The molecule has 224 valence electrons. The maximum atomic E-state index is 14.9. The Kier molecular flexibility index (Phi) is 15.6. The zero-order chi connectivity index (χ0) is 29.1. The molecule has 0 saturated carbocycles. The number of unbranched alkanes of at least 4 members (excludes halogenated alkanes) is 14. The van der Waals surface area contributed by atoms with Crippen LogP contribution in [0, 0.1) is 11.6 Å². The van der Waals surface area contributed by atoms with Gasteiger partial charge in [-0.15, -0.1) is 0 Å². The Morgan fingerprint density at radius 2 is 0.927 bits per heavy atom. The summed E-state index contributed by atoms with van der Waals surface area (Å²) in [7, 11) is 0. The van der Waals surface area contributed by atoms with Crippen molar-refractivity contribution >= 4 is 0 Å². The summed E-state index contributed by atoms with van der Waals surface area (Å²) in [6.07, 6.45) is 21.4. The van der Waals surface area contributed by atoms with Crippen LogP contribution in [0.3, 0.4) is 0 Å². The highest BCUT2D eigenvalue weighted by Gasteiger charge is 2.16. The topological polar surface area (TPSA) is 9.23 Å². The summed E-state index contributed by atoms with van der Waals surface area (Å²) in [5.74, 6) is -1.76. The fourth-order valence-electron chi connectivity index (χ4n) is 5.45. The van der Waals surface area contributed by atoms with Gasteiger partial charge in [0.15, 0.2) is 11.6 Å². The second-order valence-electron chi connectivity index (χ2n) is 11.6. The first-order valence-electron chi connectivity index (χ1n) is 16.4. The molecule has 0 aliphatic heterocycles. The van der Waals surface area contributed by atoms with Crippen molar-refractivity contribution in [1.29, 1.82) is 0 Å². The highest BCUT2D eigenvalue weighted by Crippen LogP contribution is 2.31. The van der Waals surface area contributed by atoms with Gasteiger partial charge in [-0.25, -0.2) is 4.39 Å². The third kappa shape index (κ3) is 11.6. The molecule has 3 heteroatoms. The van der Waals surface area contributed by atoms with Gasteiger partial charge in [0.2, 0.25) is 5.82 Å². The lowest BCUT2D eigenvalue weighted by Crippen LogP contribution is -2.01. The summed E-state index contributed by atoms with van der Waals surface area (Å²) < 4.78 is 35.2. The van der Waals surface area contributed by atoms with Gasteiger partial charge in [0.1, 0.15) is 0 Å². The standard InChI is InChI=1S/C38H52F2O/c1-3-5-7-9-11-12-13-14-15-17-19-31-20-22-32(23-21-31)33-24-26-34(27-25-33)35-28-29-36(38(40)37(35)39)41-30-18-16-10-8-6-4-2/h20-29H,3-19,30H2,1-2H3. The molecule has 3 aromatic rings. The quantitative estimate of drug-likeness (QED) is 0.117. The normalized spacial score (nSPS) is 11.2. The van der Waals surface area contributed by atoms with Crippen LogP contribution in [0.1, 0.15) is 122 Å². The van der Waals surface area contributed by atoms with Gasteiger partial charge < -0.3 is 4.74 Å². The van der Waals surface area contributed by atoms with Crippen LogP contribution >= 0.6 is 0 Å². The molecule has 0 aliphatic carbocycles. The van der Waals surface area contributed by atoms with Crippen molar-refractivity contribution in [3.63, 3.8) is 0 Å². The van der Waals surface area contributed by atoms with Crippen LogP contribution in [-0.2, 0) is 6.42 Å². The van der Waals surface area contributed by atoms with Crippen molar-refractivity contribution < 1.29 is 13.5 Å². The Morgan fingerprint density at radius 1 is 0.463 bits per heavy atom. The van der Waals surface area contributed by atoms with E-state index in [2.05, 4.69) is 38.1 Å². The van der Waals surface area contributed by atoms with E-state index in [4.69, 9.17) is 4.74 Å². The fraction of sp³-hybridized carbons (Fsp3) is 0.526. The SMILES string of the molecule is CCCCCCCCCCCCc1ccc(-c2ccc(-c3ccc(OCCCCCCCC)c(F)c3F)cc2)cc1. The van der Waals surface area contributed by atoms with Crippen LogP contribution in [0.4, 0.5) is 8.78 Å². The molecule has 0 unspecified atom stereocenters. The summed E-state index contributed by atoms with van der Waals surface area (Å²) in [6.45, 7) is 4.87. The van der Waals surface area contributed by atoms with Crippen LogP contribution < -0.4 is 4.74 Å². The van der Waals surface area contributed by atoms with Gasteiger partial charge in [-0.2, -0.15) is 4.39 Å². The average molecular weight is 563 g/mol. The van der Waals surface area contributed by atoms with Gasteiger partial charge in [-0.1, -0.05) is 152 Å². The van der Waals surface area contributed by atoms with Gasteiger partial charge in [0.25, 0.3) is 0 Å². The minimum Gasteiger partial charge on any atom is -0.490 e. The first kappa shape index (κ1) is 32.8. The van der Waals surface area contributed by atoms with Crippen LogP contribution in [-0.4, -0.2) is 6.61 Å². The van der Waals surface area contributed by atoms with Gasteiger partial charge >= 0.3 is 0 Å². The van der Waals surface area contributed by atoms with E-state index < -0.39 is 11.6 Å². The summed E-state index contributed by atoms with van der Waals surface area (Å²) in [5, 5.41) is 0. The molecule has 0 atom stereocenters. The van der Waals surface area contributed by atoms with E-state index >= 15 is 0 Å². The Bertz CT molecular complexity index is 1100. The molecule has 0 bridgehead atoms. The van der Waals surface area contributed by atoms with Crippen molar-refractivity contribution in [2.75, 3.05) is 6.61 Å². The van der Waals surface area contributed by atoms with Gasteiger partial charge in [0, 0.05) is 5.56 Å². The number of rotatable bonds is 21. The van der Waals surface area contributed by atoms with Crippen molar-refractivity contribution in [3.8, 4) is 28.0 Å². The predicted octanol–water partition coefficient (Wildman–Crippen LogP) is 12.5. The Morgan fingerprint density at radius 3 is 1.49 bits per heavy atom. The van der Waals surface area contributed by atoms with Crippen molar-refractivity contribution in [2.24, 2.45) is 0 Å². The van der Waals surface area contributed by atoms with Crippen LogP contribution in [0.2, 0.25) is 0 Å². The molecule has 0 saturated heterocycles. The van der Waals surface area contributed by atoms with Gasteiger partial charge in [-0.05, 0) is 53.6 Å². The van der Waals surface area contributed by atoms with E-state index in [-0.39, 0.29) is 11.3 Å². The molecule has 41 heavy (non-hydrogen) atoms. The lowest BCUT2D eigenvalue weighted by Gasteiger charge is -2.11. The fourth-order valence-corrected chi connectivity index (χ4v) is 5.45. The molecule has 3 rings (SSSR count). The minimum atomic E-state index is -0.907. The minimum absolute atomic E-state index is 0.00526. The summed E-state index contributed by atoms with van der Waals surface area (Å²) in [5.41, 5.74) is 4.49. The lowest BCUT2D eigenvalue weighted by molar-refractivity contribution is 0.285. The smallest absolute Gasteiger partial charge is 0.201 e. The summed E-state index contributed by atoms with van der Waals surface area (Å²) in [6, 6.07) is 19.6. The maximum absolute atomic E-state index is 14.9. The van der Waals surface area contributed by atoms with E-state index in [9.17, 15) is 8.78 Å². The molecule has 1 nitrogen and oxygen atoms in total. The highest BCUT2D eigenvalue weighted by molar-refractivity contribution is 5.71. The van der Waals surface area contributed by atoms with Crippen LogP contribution in [0.15, 0.2) is 60.7 Å². The molecule has 0 aliphatic rings. The maximum Gasteiger partial charge on any atom is 0.201 e. The molecule has 0 spiro atoms. The molecular weight excluding hydrogens is 510 g/mol. The molecule has 0 aromatic heterocycles. The number of halogens is 2. The number of hydrogen-bond donors (Lipinski definition) is 0. The molecule has 0 amide bonds. The van der Waals surface area contributed by atoms with E-state index in [0.29, 0.717) is 12.2 Å². The highest BCUT2D eigenvalue weighted by atomic mass is 19.2. The van der Waals surface area contributed by atoms with Gasteiger partial charge in [-0.3, -0.25) is 0 Å². The second kappa shape index (κ2) is 19.4. The first-order valence-corrected chi connectivity index (χ1v) is 16.4. The van der Waals surface area contributed by atoms with Crippen LogP contribution in [0.25, 0.3) is 22.3 Å². The molecule has 0 radical (unpaired) electrons. The zero-order valence-electron chi connectivity index (χ0n) is 25.7. The summed E-state index contributed by atoms with van der Waals surface area (Å²) >= 11 is 0.